The predicted octanol–water partition coefficient (Wildman–Crippen LogP) is 2.54. The van der Waals surface area contributed by atoms with Gasteiger partial charge in [0.2, 0.25) is 0 Å². The molecule has 1 atom stereocenters. The van der Waals surface area contributed by atoms with Crippen LogP contribution in [0.25, 0.3) is 0 Å². The fourth-order valence-corrected chi connectivity index (χ4v) is 1.52. The number of methoxy groups -OCH3 is 1. The van der Waals surface area contributed by atoms with Crippen molar-refractivity contribution in [3.05, 3.63) is 35.6 Å². The average Bonchev–Trinajstić information content (AvgIpc) is 2.21. The highest BCUT2D eigenvalue weighted by Crippen LogP contribution is 2.12. The van der Waals surface area contributed by atoms with Gasteiger partial charge in [-0.25, -0.2) is 4.39 Å². The van der Waals surface area contributed by atoms with Crippen molar-refractivity contribution in [2.45, 2.75) is 18.2 Å². The minimum absolute atomic E-state index is 0.162. The molecule has 0 aromatic heterocycles. The lowest BCUT2D eigenvalue weighted by atomic mass is 10.1. The van der Waals surface area contributed by atoms with Crippen LogP contribution in [0.1, 0.15) is 12.0 Å². The van der Waals surface area contributed by atoms with Gasteiger partial charge in [0.15, 0.2) is 0 Å². The molecule has 4 heteroatoms. The summed E-state index contributed by atoms with van der Waals surface area (Å²) in [6.07, 6.45) is 0.687. The second-order valence-corrected chi connectivity index (χ2v) is 3.83. The Morgan fingerprint density at radius 3 is 2.60 bits per heavy atom. The van der Waals surface area contributed by atoms with Crippen LogP contribution in [0.3, 0.4) is 0 Å². The molecule has 0 saturated heterocycles. The van der Waals surface area contributed by atoms with E-state index in [1.807, 2.05) is 0 Å². The number of halogens is 2. The number of esters is 1. The monoisotopic (exact) mass is 230 g/mol. The molecule has 0 spiro atoms. The van der Waals surface area contributed by atoms with E-state index in [2.05, 4.69) is 4.74 Å². The molecule has 0 amide bonds. The van der Waals surface area contributed by atoms with E-state index in [0.29, 0.717) is 6.42 Å². The van der Waals surface area contributed by atoms with Gasteiger partial charge in [-0.15, -0.1) is 11.6 Å². The Hall–Kier alpha value is -1.09. The Labute approximate surface area is 93.0 Å². The zero-order chi connectivity index (χ0) is 11.3. The molecule has 0 radical (unpaired) electrons. The van der Waals surface area contributed by atoms with Crippen molar-refractivity contribution in [3.8, 4) is 0 Å². The smallest absolute Gasteiger partial charge is 0.307 e. The van der Waals surface area contributed by atoms with Gasteiger partial charge in [-0.3, -0.25) is 4.79 Å². The summed E-state index contributed by atoms with van der Waals surface area (Å²) in [7, 11) is 1.32. The SMILES string of the molecule is COC(=O)CC(Cl)Cc1ccc(F)cc1. The van der Waals surface area contributed by atoms with E-state index in [-0.39, 0.29) is 23.6 Å². The first-order chi connectivity index (χ1) is 7.11. The van der Waals surface area contributed by atoms with Crippen LogP contribution in [-0.2, 0) is 16.0 Å². The largest absolute Gasteiger partial charge is 0.469 e. The molecule has 1 aromatic rings. The Balaban J connectivity index is 2.47. The Kier molecular flexibility index (Phi) is 4.56. The summed E-state index contributed by atoms with van der Waals surface area (Å²) in [6.45, 7) is 0. The quantitative estimate of drug-likeness (QED) is 0.587. The van der Waals surface area contributed by atoms with Gasteiger partial charge in [-0.2, -0.15) is 0 Å². The molecule has 0 bridgehead atoms. The molecule has 15 heavy (non-hydrogen) atoms. The highest BCUT2D eigenvalue weighted by molar-refractivity contribution is 6.21. The van der Waals surface area contributed by atoms with Crippen LogP contribution in [-0.4, -0.2) is 18.5 Å². The lowest BCUT2D eigenvalue weighted by Gasteiger charge is -2.07. The van der Waals surface area contributed by atoms with Gasteiger partial charge in [-0.05, 0) is 24.1 Å². The first-order valence-corrected chi connectivity index (χ1v) is 5.01. The van der Waals surface area contributed by atoms with Crippen molar-refractivity contribution in [2.24, 2.45) is 0 Å². The maximum atomic E-state index is 12.6. The van der Waals surface area contributed by atoms with Crippen LogP contribution >= 0.6 is 11.6 Å². The number of hydrogen-bond acceptors (Lipinski definition) is 2. The number of benzene rings is 1. The van der Waals surface area contributed by atoms with Crippen LogP contribution in [0.2, 0.25) is 0 Å². The Morgan fingerprint density at radius 1 is 1.47 bits per heavy atom. The number of ether oxygens (including phenoxy) is 1. The summed E-state index contributed by atoms with van der Waals surface area (Å²) in [4.78, 5) is 10.9. The van der Waals surface area contributed by atoms with E-state index in [9.17, 15) is 9.18 Å². The normalized spacial score (nSPS) is 12.2. The summed E-state index contributed by atoms with van der Waals surface area (Å²) < 4.78 is 17.1. The minimum atomic E-state index is -0.336. The van der Waals surface area contributed by atoms with Gasteiger partial charge in [0.1, 0.15) is 5.82 Å². The number of rotatable bonds is 4. The molecular formula is C11H12ClFO2. The van der Waals surface area contributed by atoms with E-state index in [1.165, 1.54) is 19.2 Å². The molecule has 0 fully saturated rings. The molecule has 0 aliphatic carbocycles. The maximum absolute atomic E-state index is 12.6. The molecule has 82 valence electrons. The first-order valence-electron chi connectivity index (χ1n) is 4.57. The lowest BCUT2D eigenvalue weighted by Crippen LogP contribution is -2.12. The van der Waals surface area contributed by atoms with Crippen LogP contribution < -0.4 is 0 Å². The number of carbonyl (C=O) groups is 1. The van der Waals surface area contributed by atoms with E-state index >= 15 is 0 Å². The molecule has 1 rings (SSSR count). The summed E-state index contributed by atoms with van der Waals surface area (Å²) in [5.41, 5.74) is 0.903. The molecule has 0 aliphatic rings. The molecule has 2 nitrogen and oxygen atoms in total. The van der Waals surface area contributed by atoms with E-state index in [0.717, 1.165) is 5.56 Å². The summed E-state index contributed by atoms with van der Waals surface area (Å²) in [5, 5.41) is -0.317. The lowest BCUT2D eigenvalue weighted by molar-refractivity contribution is -0.140. The summed E-state index contributed by atoms with van der Waals surface area (Å²) >= 11 is 5.93. The van der Waals surface area contributed by atoms with Crippen LogP contribution in [0.4, 0.5) is 4.39 Å². The molecule has 1 aromatic carbocycles. The van der Waals surface area contributed by atoms with Gasteiger partial charge < -0.3 is 4.74 Å². The minimum Gasteiger partial charge on any atom is -0.469 e. The summed E-state index contributed by atoms with van der Waals surface area (Å²) in [6, 6.07) is 6.05. The van der Waals surface area contributed by atoms with Crippen molar-refractivity contribution < 1.29 is 13.9 Å². The van der Waals surface area contributed by atoms with Gasteiger partial charge in [0.25, 0.3) is 0 Å². The third-order valence-electron chi connectivity index (χ3n) is 1.99. The zero-order valence-corrected chi connectivity index (χ0v) is 9.13. The summed E-state index contributed by atoms with van der Waals surface area (Å²) in [5.74, 6) is -0.616. The molecule has 0 N–H and O–H groups in total. The van der Waals surface area contributed by atoms with Gasteiger partial charge in [-0.1, -0.05) is 12.1 Å². The van der Waals surface area contributed by atoms with E-state index in [1.54, 1.807) is 12.1 Å². The van der Waals surface area contributed by atoms with Crippen LogP contribution in [0.15, 0.2) is 24.3 Å². The highest BCUT2D eigenvalue weighted by Gasteiger charge is 2.11. The maximum Gasteiger partial charge on any atom is 0.307 e. The molecular weight excluding hydrogens is 219 g/mol. The van der Waals surface area contributed by atoms with Gasteiger partial charge >= 0.3 is 5.97 Å². The van der Waals surface area contributed by atoms with E-state index in [4.69, 9.17) is 11.6 Å². The second-order valence-electron chi connectivity index (χ2n) is 3.21. The third-order valence-corrected chi connectivity index (χ3v) is 2.29. The van der Waals surface area contributed by atoms with Crippen LogP contribution in [0.5, 0.6) is 0 Å². The van der Waals surface area contributed by atoms with Crippen LogP contribution in [0, 0.1) is 5.82 Å². The fourth-order valence-electron chi connectivity index (χ4n) is 1.21. The Morgan fingerprint density at radius 2 is 2.07 bits per heavy atom. The number of hydrogen-bond donors (Lipinski definition) is 0. The number of carbonyl (C=O) groups excluding carboxylic acids is 1. The van der Waals surface area contributed by atoms with Crippen molar-refractivity contribution >= 4 is 17.6 Å². The molecule has 0 aliphatic heterocycles. The van der Waals surface area contributed by atoms with Crippen molar-refractivity contribution in [1.82, 2.24) is 0 Å². The third kappa shape index (κ3) is 4.30. The van der Waals surface area contributed by atoms with Crippen molar-refractivity contribution in [3.63, 3.8) is 0 Å². The molecule has 0 heterocycles. The van der Waals surface area contributed by atoms with E-state index < -0.39 is 0 Å². The topological polar surface area (TPSA) is 26.3 Å². The molecule has 0 saturated carbocycles. The molecule has 1 unspecified atom stereocenters. The van der Waals surface area contributed by atoms with Gasteiger partial charge in [0.05, 0.1) is 13.5 Å². The van der Waals surface area contributed by atoms with Gasteiger partial charge in [0, 0.05) is 5.38 Å². The van der Waals surface area contributed by atoms with Crippen molar-refractivity contribution in [1.29, 1.82) is 0 Å². The highest BCUT2D eigenvalue weighted by atomic mass is 35.5. The first kappa shape index (κ1) is 12.0. The zero-order valence-electron chi connectivity index (χ0n) is 8.37. The standard InChI is InChI=1S/C11H12ClFO2/c1-15-11(14)7-9(12)6-8-2-4-10(13)5-3-8/h2-5,9H,6-7H2,1H3. The Bertz CT molecular complexity index is 324. The predicted molar refractivity (Wildman–Crippen MR) is 56.4 cm³/mol. The van der Waals surface area contributed by atoms with Crippen molar-refractivity contribution in [2.75, 3.05) is 7.11 Å². The second kappa shape index (κ2) is 5.71. The number of alkyl halides is 1. The average molecular weight is 231 g/mol. The fraction of sp³-hybridized carbons (Fsp3) is 0.364.